The first-order valence-corrected chi connectivity index (χ1v) is 9.95. The molecule has 1 fully saturated rings. The predicted octanol–water partition coefficient (Wildman–Crippen LogP) is 3.82. The van der Waals surface area contributed by atoms with Gasteiger partial charge >= 0.3 is 0 Å². The summed E-state index contributed by atoms with van der Waals surface area (Å²) in [5.74, 6) is 0. The Balaban J connectivity index is 1.97. The molecule has 0 amide bonds. The van der Waals surface area contributed by atoms with Gasteiger partial charge in [-0.25, -0.2) is 8.42 Å². The lowest BCUT2D eigenvalue weighted by atomic mass is 10.2. The molecule has 3 rings (SSSR count). The van der Waals surface area contributed by atoms with Gasteiger partial charge in [-0.2, -0.15) is 4.31 Å². The largest absolute Gasteiger partial charge is 0.350 e. The van der Waals surface area contributed by atoms with E-state index in [1.165, 1.54) is 16.4 Å². The SMILES string of the molecule is Cc1ccccc1Nc1ccc(S(=O)(=O)N2CCCCC2)cc1[N+](=O)[O-]. The summed E-state index contributed by atoms with van der Waals surface area (Å²) in [7, 11) is -3.71. The van der Waals surface area contributed by atoms with Crippen LogP contribution in [-0.4, -0.2) is 30.7 Å². The second-order valence-corrected chi connectivity index (χ2v) is 8.28. The third kappa shape index (κ3) is 3.71. The number of nitro benzene ring substituents is 1. The smallest absolute Gasteiger partial charge is 0.294 e. The maximum Gasteiger partial charge on any atom is 0.294 e. The van der Waals surface area contributed by atoms with Crippen molar-refractivity contribution in [2.75, 3.05) is 18.4 Å². The fourth-order valence-electron chi connectivity index (χ4n) is 3.04. The van der Waals surface area contributed by atoms with E-state index in [4.69, 9.17) is 0 Å². The van der Waals surface area contributed by atoms with Gasteiger partial charge in [0, 0.05) is 24.8 Å². The molecule has 0 aromatic heterocycles. The van der Waals surface area contributed by atoms with Gasteiger partial charge in [0.2, 0.25) is 10.0 Å². The molecule has 1 heterocycles. The van der Waals surface area contributed by atoms with Gasteiger partial charge < -0.3 is 5.32 Å². The molecular weight excluding hydrogens is 354 g/mol. The number of nitrogens with zero attached hydrogens (tertiary/aromatic N) is 2. The molecule has 26 heavy (non-hydrogen) atoms. The summed E-state index contributed by atoms with van der Waals surface area (Å²) in [5, 5.41) is 14.5. The molecule has 1 N–H and O–H groups in total. The van der Waals surface area contributed by atoms with Crippen LogP contribution in [-0.2, 0) is 10.0 Å². The lowest BCUT2D eigenvalue weighted by Crippen LogP contribution is -2.35. The zero-order valence-corrected chi connectivity index (χ0v) is 15.3. The fraction of sp³-hybridized carbons (Fsp3) is 0.333. The van der Waals surface area contributed by atoms with Gasteiger partial charge in [-0.05, 0) is 43.5 Å². The van der Waals surface area contributed by atoms with Crippen LogP contribution >= 0.6 is 0 Å². The summed E-state index contributed by atoms with van der Waals surface area (Å²) >= 11 is 0. The highest BCUT2D eigenvalue weighted by Crippen LogP contribution is 2.32. The Kier molecular flexibility index (Phi) is 5.24. The van der Waals surface area contributed by atoms with Gasteiger partial charge in [0.15, 0.2) is 0 Å². The van der Waals surface area contributed by atoms with Gasteiger partial charge in [-0.3, -0.25) is 10.1 Å². The second kappa shape index (κ2) is 7.43. The topological polar surface area (TPSA) is 92.6 Å². The summed E-state index contributed by atoms with van der Waals surface area (Å²) in [6.45, 7) is 2.81. The van der Waals surface area contributed by atoms with E-state index in [0.717, 1.165) is 36.6 Å². The highest BCUT2D eigenvalue weighted by molar-refractivity contribution is 7.89. The number of benzene rings is 2. The molecule has 0 bridgehead atoms. The minimum absolute atomic E-state index is 0.0403. The molecule has 0 atom stereocenters. The number of sulfonamides is 1. The van der Waals surface area contributed by atoms with Crippen LogP contribution in [0.25, 0.3) is 0 Å². The second-order valence-electron chi connectivity index (χ2n) is 6.34. The number of nitrogens with one attached hydrogen (secondary N) is 1. The predicted molar refractivity (Wildman–Crippen MR) is 100 cm³/mol. The van der Waals surface area contributed by atoms with Crippen LogP contribution in [0.2, 0.25) is 0 Å². The molecule has 1 aliphatic rings. The van der Waals surface area contributed by atoms with Gasteiger partial charge in [-0.1, -0.05) is 24.6 Å². The summed E-state index contributed by atoms with van der Waals surface area (Å²) in [6.07, 6.45) is 2.63. The van der Waals surface area contributed by atoms with E-state index in [0.29, 0.717) is 13.1 Å². The molecule has 8 heteroatoms. The van der Waals surface area contributed by atoms with Crippen LogP contribution in [0.1, 0.15) is 24.8 Å². The lowest BCUT2D eigenvalue weighted by Gasteiger charge is -2.25. The Bertz CT molecular complexity index is 922. The van der Waals surface area contributed by atoms with E-state index in [9.17, 15) is 18.5 Å². The van der Waals surface area contributed by atoms with Crippen molar-refractivity contribution in [3.05, 3.63) is 58.1 Å². The van der Waals surface area contributed by atoms with Gasteiger partial charge in [-0.15, -0.1) is 0 Å². The van der Waals surface area contributed by atoms with E-state index in [-0.39, 0.29) is 16.3 Å². The summed E-state index contributed by atoms with van der Waals surface area (Å²) in [6, 6.07) is 11.4. The Morgan fingerprint density at radius 3 is 2.38 bits per heavy atom. The minimum atomic E-state index is -3.71. The molecule has 1 saturated heterocycles. The van der Waals surface area contributed by atoms with Crippen molar-refractivity contribution >= 4 is 27.1 Å². The first kappa shape index (κ1) is 18.3. The van der Waals surface area contributed by atoms with Crippen LogP contribution in [0.5, 0.6) is 0 Å². The van der Waals surface area contributed by atoms with E-state index in [2.05, 4.69) is 5.32 Å². The standard InChI is InChI=1S/C18H21N3O4S/c1-14-7-3-4-8-16(14)19-17-10-9-15(13-18(17)21(22)23)26(24,25)20-11-5-2-6-12-20/h3-4,7-10,13,19H,2,5-6,11-12H2,1H3. The third-order valence-electron chi connectivity index (χ3n) is 4.53. The number of aryl methyl sites for hydroxylation is 1. The number of nitro groups is 1. The van der Waals surface area contributed by atoms with Crippen LogP contribution in [0.3, 0.4) is 0 Å². The lowest BCUT2D eigenvalue weighted by molar-refractivity contribution is -0.384. The van der Waals surface area contributed by atoms with Crippen LogP contribution in [0.15, 0.2) is 47.4 Å². The molecule has 0 aliphatic carbocycles. The molecule has 0 radical (unpaired) electrons. The van der Waals surface area contributed by atoms with Crippen molar-refractivity contribution in [3.8, 4) is 0 Å². The average Bonchev–Trinajstić information content (AvgIpc) is 2.64. The fourth-order valence-corrected chi connectivity index (χ4v) is 4.58. The Morgan fingerprint density at radius 1 is 1.04 bits per heavy atom. The quantitative estimate of drug-likeness (QED) is 0.633. The normalized spacial score (nSPS) is 15.6. The van der Waals surface area contributed by atoms with Crippen molar-refractivity contribution in [2.45, 2.75) is 31.1 Å². The van der Waals surface area contributed by atoms with Crippen molar-refractivity contribution in [3.63, 3.8) is 0 Å². The van der Waals surface area contributed by atoms with Crippen molar-refractivity contribution in [1.29, 1.82) is 0 Å². The van der Waals surface area contributed by atoms with Crippen LogP contribution in [0, 0.1) is 17.0 Å². The van der Waals surface area contributed by atoms with Gasteiger partial charge in [0.05, 0.1) is 9.82 Å². The van der Waals surface area contributed by atoms with E-state index in [1.807, 2.05) is 31.2 Å². The first-order valence-electron chi connectivity index (χ1n) is 8.51. The van der Waals surface area contributed by atoms with Gasteiger partial charge in [0.1, 0.15) is 5.69 Å². The Morgan fingerprint density at radius 2 is 1.73 bits per heavy atom. The van der Waals surface area contributed by atoms with E-state index < -0.39 is 14.9 Å². The van der Waals surface area contributed by atoms with Crippen molar-refractivity contribution in [2.24, 2.45) is 0 Å². The van der Waals surface area contributed by atoms with Gasteiger partial charge in [0.25, 0.3) is 5.69 Å². The highest BCUT2D eigenvalue weighted by Gasteiger charge is 2.28. The molecule has 1 aliphatic heterocycles. The van der Waals surface area contributed by atoms with Crippen molar-refractivity contribution < 1.29 is 13.3 Å². The summed E-state index contributed by atoms with van der Waals surface area (Å²) < 4.78 is 26.9. The maximum atomic E-state index is 12.8. The minimum Gasteiger partial charge on any atom is -0.350 e. The first-order chi connectivity index (χ1) is 12.4. The number of hydrogen-bond donors (Lipinski definition) is 1. The molecule has 0 saturated carbocycles. The number of anilines is 2. The highest BCUT2D eigenvalue weighted by atomic mass is 32.2. The number of para-hydroxylation sites is 1. The molecule has 0 spiro atoms. The molecule has 2 aromatic rings. The molecule has 138 valence electrons. The zero-order chi connectivity index (χ0) is 18.7. The van der Waals surface area contributed by atoms with Crippen LogP contribution < -0.4 is 5.32 Å². The zero-order valence-electron chi connectivity index (χ0n) is 14.5. The summed E-state index contributed by atoms with van der Waals surface area (Å²) in [4.78, 5) is 10.9. The Labute approximate surface area is 152 Å². The number of rotatable bonds is 5. The number of piperidine rings is 1. The Hall–Kier alpha value is -2.45. The molecule has 7 nitrogen and oxygen atoms in total. The number of hydrogen-bond acceptors (Lipinski definition) is 5. The van der Waals surface area contributed by atoms with E-state index in [1.54, 1.807) is 0 Å². The van der Waals surface area contributed by atoms with Crippen LogP contribution in [0.4, 0.5) is 17.1 Å². The average molecular weight is 375 g/mol. The molecule has 2 aromatic carbocycles. The third-order valence-corrected chi connectivity index (χ3v) is 6.43. The molecular formula is C18H21N3O4S. The molecule has 0 unspecified atom stereocenters. The maximum absolute atomic E-state index is 12.8. The monoisotopic (exact) mass is 375 g/mol. The van der Waals surface area contributed by atoms with Crippen molar-refractivity contribution in [1.82, 2.24) is 4.31 Å². The van der Waals surface area contributed by atoms with E-state index >= 15 is 0 Å². The summed E-state index contributed by atoms with van der Waals surface area (Å²) in [5.41, 5.74) is 1.68.